The van der Waals surface area contributed by atoms with Gasteiger partial charge in [0, 0.05) is 25.6 Å². The molecule has 27 heavy (non-hydrogen) atoms. The van der Waals surface area contributed by atoms with E-state index >= 15 is 0 Å². The molecule has 1 aromatic carbocycles. The van der Waals surface area contributed by atoms with E-state index < -0.39 is 0 Å². The van der Waals surface area contributed by atoms with Crippen LogP contribution in [0.5, 0.6) is 11.5 Å². The van der Waals surface area contributed by atoms with Gasteiger partial charge >= 0.3 is 5.97 Å². The molecule has 0 aliphatic carbocycles. The number of ether oxygens (including phenoxy) is 3. The van der Waals surface area contributed by atoms with E-state index in [1.54, 1.807) is 32.4 Å². The van der Waals surface area contributed by atoms with Crippen LogP contribution >= 0.6 is 12.4 Å². The molecule has 1 fully saturated rings. The fourth-order valence-corrected chi connectivity index (χ4v) is 3.09. The lowest BCUT2D eigenvalue weighted by molar-refractivity contribution is -0.149. The Balaban J connectivity index is 0.00000364. The van der Waals surface area contributed by atoms with Crippen molar-refractivity contribution >= 4 is 30.0 Å². The molecule has 1 heterocycles. The predicted molar refractivity (Wildman–Crippen MR) is 106 cm³/mol. The first-order chi connectivity index (χ1) is 12.6. The van der Waals surface area contributed by atoms with Gasteiger partial charge in [0.2, 0.25) is 5.91 Å². The molecule has 0 saturated carbocycles. The van der Waals surface area contributed by atoms with Gasteiger partial charge in [-0.3, -0.25) is 9.59 Å². The van der Waals surface area contributed by atoms with Gasteiger partial charge in [0.25, 0.3) is 0 Å². The summed E-state index contributed by atoms with van der Waals surface area (Å²) in [7, 11) is 3.13. The number of rotatable bonds is 8. The second-order valence-corrected chi connectivity index (χ2v) is 6.26. The molecule has 1 atom stereocenters. The maximum atomic E-state index is 12.3. The number of hydrogen-bond donors (Lipinski definition) is 1. The van der Waals surface area contributed by atoms with Gasteiger partial charge in [-0.2, -0.15) is 0 Å². The highest BCUT2D eigenvalue weighted by atomic mass is 35.5. The van der Waals surface area contributed by atoms with E-state index in [-0.39, 0.29) is 30.2 Å². The van der Waals surface area contributed by atoms with Crippen LogP contribution in [0.1, 0.15) is 26.2 Å². The van der Waals surface area contributed by atoms with E-state index in [1.807, 2.05) is 6.92 Å². The van der Waals surface area contributed by atoms with Crippen LogP contribution in [0.25, 0.3) is 0 Å². The van der Waals surface area contributed by atoms with Crippen LogP contribution in [-0.4, -0.2) is 57.2 Å². The highest BCUT2D eigenvalue weighted by molar-refractivity contribution is 5.92. The molecule has 1 aliphatic rings. The molecule has 1 aliphatic heterocycles. The van der Waals surface area contributed by atoms with Gasteiger partial charge < -0.3 is 24.4 Å². The number of carbonyl (C=O) groups is 2. The standard InChI is InChI=1S/C19H28N2O5.ClH/c1-4-26-19(23)14-6-5-10-21(13-14)11-9-18(22)20-16-8-7-15(24-2)12-17(16)25-3;/h7-8,12,14H,4-6,9-11,13H2,1-3H3,(H,20,22);1H. The number of nitrogens with one attached hydrogen (secondary N) is 1. The summed E-state index contributed by atoms with van der Waals surface area (Å²) in [5, 5.41) is 2.87. The van der Waals surface area contributed by atoms with Crippen LogP contribution < -0.4 is 14.8 Å². The summed E-state index contributed by atoms with van der Waals surface area (Å²) in [6, 6.07) is 5.25. The van der Waals surface area contributed by atoms with Gasteiger partial charge in [-0.05, 0) is 38.4 Å². The zero-order chi connectivity index (χ0) is 18.9. The number of likely N-dealkylation sites (tertiary alicyclic amines) is 1. The Hall–Kier alpha value is -1.99. The van der Waals surface area contributed by atoms with Crippen LogP contribution in [0.3, 0.4) is 0 Å². The fourth-order valence-electron chi connectivity index (χ4n) is 3.09. The zero-order valence-corrected chi connectivity index (χ0v) is 17.0. The first kappa shape index (κ1) is 23.0. The number of nitrogens with zero attached hydrogens (tertiary/aromatic N) is 1. The number of methoxy groups -OCH3 is 2. The van der Waals surface area contributed by atoms with Crippen molar-refractivity contribution in [3.8, 4) is 11.5 Å². The molecule has 2 rings (SSSR count). The topological polar surface area (TPSA) is 77.1 Å². The molecule has 1 aromatic rings. The normalized spacial score (nSPS) is 16.8. The number of carbonyl (C=O) groups excluding carboxylic acids is 2. The Bertz CT molecular complexity index is 626. The summed E-state index contributed by atoms with van der Waals surface area (Å²) in [4.78, 5) is 26.3. The fraction of sp³-hybridized carbons (Fsp3) is 0.579. The van der Waals surface area contributed by atoms with Crippen molar-refractivity contribution in [2.45, 2.75) is 26.2 Å². The SMILES string of the molecule is CCOC(=O)C1CCCN(CCC(=O)Nc2ccc(OC)cc2OC)C1.Cl. The third kappa shape index (κ3) is 6.92. The molecule has 1 saturated heterocycles. The summed E-state index contributed by atoms with van der Waals surface area (Å²) >= 11 is 0. The minimum absolute atomic E-state index is 0. The van der Waals surface area contributed by atoms with E-state index in [2.05, 4.69) is 10.2 Å². The summed E-state index contributed by atoms with van der Waals surface area (Å²) in [5.74, 6) is 0.904. The van der Waals surface area contributed by atoms with Gasteiger partial charge in [0.1, 0.15) is 11.5 Å². The summed E-state index contributed by atoms with van der Waals surface area (Å²) in [6.45, 7) is 4.38. The predicted octanol–water partition coefficient (Wildman–Crippen LogP) is 2.73. The number of piperidine rings is 1. The zero-order valence-electron chi connectivity index (χ0n) is 16.2. The molecule has 0 aromatic heterocycles. The van der Waals surface area contributed by atoms with Crippen LogP contribution in [0.2, 0.25) is 0 Å². The number of hydrogen-bond acceptors (Lipinski definition) is 6. The third-order valence-electron chi connectivity index (χ3n) is 4.46. The van der Waals surface area contributed by atoms with E-state index in [4.69, 9.17) is 14.2 Å². The maximum absolute atomic E-state index is 12.3. The number of esters is 1. The van der Waals surface area contributed by atoms with Gasteiger partial charge in [-0.25, -0.2) is 0 Å². The van der Waals surface area contributed by atoms with Crippen molar-refractivity contribution in [3.05, 3.63) is 18.2 Å². The third-order valence-corrected chi connectivity index (χ3v) is 4.46. The Morgan fingerprint density at radius 3 is 2.70 bits per heavy atom. The largest absolute Gasteiger partial charge is 0.497 e. The van der Waals surface area contributed by atoms with E-state index in [1.165, 1.54) is 0 Å². The highest BCUT2D eigenvalue weighted by Crippen LogP contribution is 2.29. The van der Waals surface area contributed by atoms with Crippen LogP contribution in [0.15, 0.2) is 18.2 Å². The molecular weight excluding hydrogens is 372 g/mol. The van der Waals surface area contributed by atoms with Gasteiger partial charge in [-0.15, -0.1) is 12.4 Å². The lowest BCUT2D eigenvalue weighted by Crippen LogP contribution is -2.40. The van der Waals surface area contributed by atoms with Crippen LogP contribution in [0.4, 0.5) is 5.69 Å². The molecule has 8 heteroatoms. The molecular formula is C19H29ClN2O5. The molecule has 152 valence electrons. The Labute approximate surface area is 166 Å². The van der Waals surface area contributed by atoms with Gasteiger partial charge in [0.05, 0.1) is 32.4 Å². The lowest BCUT2D eigenvalue weighted by Gasteiger charge is -2.31. The smallest absolute Gasteiger partial charge is 0.310 e. The van der Waals surface area contributed by atoms with Crippen molar-refractivity contribution in [2.75, 3.05) is 45.8 Å². The maximum Gasteiger partial charge on any atom is 0.310 e. The summed E-state index contributed by atoms with van der Waals surface area (Å²) < 4.78 is 15.6. The average Bonchev–Trinajstić information content (AvgIpc) is 2.67. The Morgan fingerprint density at radius 1 is 1.26 bits per heavy atom. The van der Waals surface area contributed by atoms with Crippen LogP contribution in [-0.2, 0) is 14.3 Å². The first-order valence-corrected chi connectivity index (χ1v) is 8.98. The average molecular weight is 401 g/mol. The molecule has 7 nitrogen and oxygen atoms in total. The second-order valence-electron chi connectivity index (χ2n) is 6.26. The molecule has 1 unspecified atom stereocenters. The van der Waals surface area contributed by atoms with Crippen LogP contribution in [0, 0.1) is 5.92 Å². The molecule has 1 N–H and O–H groups in total. The Morgan fingerprint density at radius 2 is 2.04 bits per heavy atom. The van der Waals surface area contributed by atoms with E-state index in [9.17, 15) is 9.59 Å². The molecule has 0 bridgehead atoms. The van der Waals surface area contributed by atoms with Crippen molar-refractivity contribution in [3.63, 3.8) is 0 Å². The van der Waals surface area contributed by atoms with Crippen molar-refractivity contribution < 1.29 is 23.8 Å². The minimum atomic E-state index is -0.135. The van der Waals surface area contributed by atoms with E-state index in [0.29, 0.717) is 43.3 Å². The lowest BCUT2D eigenvalue weighted by atomic mass is 9.98. The monoisotopic (exact) mass is 400 g/mol. The quantitative estimate of drug-likeness (QED) is 0.676. The summed E-state index contributed by atoms with van der Waals surface area (Å²) in [6.07, 6.45) is 2.15. The number of anilines is 1. The molecule has 0 spiro atoms. The number of benzene rings is 1. The molecule has 1 amide bonds. The number of halogens is 1. The van der Waals surface area contributed by atoms with E-state index in [0.717, 1.165) is 19.4 Å². The van der Waals surface area contributed by atoms with Gasteiger partial charge in [0.15, 0.2) is 0 Å². The summed E-state index contributed by atoms with van der Waals surface area (Å²) in [5.41, 5.74) is 0.612. The Kier molecular flexibility index (Phi) is 9.96. The van der Waals surface area contributed by atoms with Gasteiger partial charge in [-0.1, -0.05) is 0 Å². The van der Waals surface area contributed by atoms with Crippen molar-refractivity contribution in [2.24, 2.45) is 5.92 Å². The van der Waals surface area contributed by atoms with Crippen molar-refractivity contribution in [1.82, 2.24) is 4.90 Å². The number of amides is 1. The molecule has 0 radical (unpaired) electrons. The highest BCUT2D eigenvalue weighted by Gasteiger charge is 2.26. The first-order valence-electron chi connectivity index (χ1n) is 8.98. The minimum Gasteiger partial charge on any atom is -0.497 e. The van der Waals surface area contributed by atoms with Crippen molar-refractivity contribution in [1.29, 1.82) is 0 Å². The second kappa shape index (κ2) is 11.7.